The summed E-state index contributed by atoms with van der Waals surface area (Å²) in [7, 11) is 0. The molecule has 4 rings (SSSR count). The van der Waals surface area contributed by atoms with Crippen molar-refractivity contribution in [2.75, 3.05) is 13.2 Å². The molecule has 6 heteroatoms. The molecule has 0 aromatic heterocycles. The van der Waals surface area contributed by atoms with E-state index < -0.39 is 5.97 Å². The second-order valence-electron chi connectivity index (χ2n) is 30.2. The summed E-state index contributed by atoms with van der Waals surface area (Å²) in [6, 6.07) is 26.4. The van der Waals surface area contributed by atoms with Gasteiger partial charge in [-0.15, -0.1) is 6.42 Å². The number of carbonyl (C=O) groups excluding carboxylic acids is 1. The zero-order chi connectivity index (χ0) is 70.9. The summed E-state index contributed by atoms with van der Waals surface area (Å²) in [6.07, 6.45) is 83.2. The predicted molar refractivity (Wildman–Crippen MR) is 431 cm³/mol. The van der Waals surface area contributed by atoms with Gasteiger partial charge in [-0.3, -0.25) is 0 Å². The monoisotopic (exact) mass is 1380 g/mol. The molecule has 564 valence electrons. The van der Waals surface area contributed by atoms with E-state index >= 15 is 0 Å². The standard InChI is InChI=1S/C94H152O6/c1-6-11-15-19-23-27-31-35-39-43-47-51-55-59-63-87-71-69-85(75-92(87)96-73-61-57-53-49-45-41-37-33-29-25-21-17-13-8-3)81-98-90-77-89(94(95)100-80-84-67-65-83(10-5)66-68-84)78-91(79-90)99-82-86-70-72-88(64-60-56-52-48-44-40-36-32-28-24-20-16-12-7-2)93(76-86)97-74-62-58-54-50-46-42-38-34-30-26-22-18-14-9-4/h5,65-72,75-79H,6-9,11-64,73-74,80-82H2,1-4H3. The van der Waals surface area contributed by atoms with Crippen LogP contribution in [0.15, 0.2) is 78.9 Å². The number of aryl methyl sites for hydroxylation is 2. The first-order valence-corrected chi connectivity index (χ1v) is 43.1. The van der Waals surface area contributed by atoms with Crippen LogP contribution in [0.25, 0.3) is 0 Å². The van der Waals surface area contributed by atoms with Gasteiger partial charge in [-0.1, -0.05) is 404 Å². The van der Waals surface area contributed by atoms with Gasteiger partial charge in [0.05, 0.1) is 18.8 Å². The molecule has 4 aromatic carbocycles. The normalized spacial score (nSPS) is 11.3. The average molecular weight is 1380 g/mol. The molecule has 0 fully saturated rings. The van der Waals surface area contributed by atoms with Gasteiger partial charge in [-0.25, -0.2) is 4.79 Å². The molecule has 0 unspecified atom stereocenters. The van der Waals surface area contributed by atoms with Crippen molar-refractivity contribution in [1.82, 2.24) is 0 Å². The first-order valence-electron chi connectivity index (χ1n) is 43.1. The SMILES string of the molecule is C#Cc1ccc(COC(=O)c2cc(OCc3ccc(CCCCCCCCCCCCCCCC)c(OCCCCCCCCCCCCCCCC)c3)cc(OCc3ccc(CCCCCCCCCCCCCCCC)c(OCCCCCCCCCCCCCCCC)c3)c2)cc1. The van der Waals surface area contributed by atoms with Crippen molar-refractivity contribution >= 4 is 5.97 Å². The number of benzene rings is 4. The first kappa shape index (κ1) is 87.5. The Kier molecular flexibility index (Phi) is 55.8. The minimum Gasteiger partial charge on any atom is -0.493 e. The maximum Gasteiger partial charge on any atom is 0.338 e. The molecule has 4 aromatic rings. The van der Waals surface area contributed by atoms with Gasteiger partial charge in [0.25, 0.3) is 0 Å². The number of hydrogen-bond acceptors (Lipinski definition) is 6. The summed E-state index contributed by atoms with van der Waals surface area (Å²) in [6.45, 7) is 11.4. The number of terminal acetylenes is 1. The van der Waals surface area contributed by atoms with E-state index in [0.29, 0.717) is 30.3 Å². The highest BCUT2D eigenvalue weighted by Gasteiger charge is 2.16. The van der Waals surface area contributed by atoms with Crippen LogP contribution in [0.5, 0.6) is 23.0 Å². The summed E-state index contributed by atoms with van der Waals surface area (Å²) in [5.41, 5.74) is 6.65. The van der Waals surface area contributed by atoms with E-state index in [-0.39, 0.29) is 6.61 Å². The molecule has 0 radical (unpaired) electrons. The van der Waals surface area contributed by atoms with Gasteiger partial charge in [0.1, 0.15) is 42.8 Å². The fourth-order valence-electron chi connectivity index (χ4n) is 14.2. The quantitative estimate of drug-likeness (QED) is 0.0249. The smallest absolute Gasteiger partial charge is 0.338 e. The highest BCUT2D eigenvalue weighted by molar-refractivity contribution is 5.90. The summed E-state index contributed by atoms with van der Waals surface area (Å²) < 4.78 is 32.7. The summed E-state index contributed by atoms with van der Waals surface area (Å²) in [5.74, 6) is 5.27. The van der Waals surface area contributed by atoms with Gasteiger partial charge in [-0.05, 0) is 103 Å². The summed E-state index contributed by atoms with van der Waals surface area (Å²) in [5, 5.41) is 0. The maximum absolute atomic E-state index is 14.0. The van der Waals surface area contributed by atoms with Gasteiger partial charge in [0.2, 0.25) is 0 Å². The molecule has 0 spiro atoms. The van der Waals surface area contributed by atoms with Gasteiger partial charge in [-0.2, -0.15) is 0 Å². The van der Waals surface area contributed by atoms with Crippen LogP contribution >= 0.6 is 0 Å². The van der Waals surface area contributed by atoms with Gasteiger partial charge in [0.15, 0.2) is 0 Å². The number of carbonyl (C=O) groups is 1. The zero-order valence-corrected chi connectivity index (χ0v) is 65.6. The first-order chi connectivity index (χ1) is 49.5. The van der Waals surface area contributed by atoms with E-state index in [9.17, 15) is 4.79 Å². The Morgan fingerprint density at radius 3 is 0.850 bits per heavy atom. The third-order valence-corrected chi connectivity index (χ3v) is 20.8. The molecule has 0 atom stereocenters. The number of esters is 1. The van der Waals surface area contributed by atoms with E-state index in [1.54, 1.807) is 12.1 Å². The molecule has 0 amide bonds. The second-order valence-corrected chi connectivity index (χ2v) is 30.2. The Morgan fingerprint density at radius 1 is 0.290 bits per heavy atom. The van der Waals surface area contributed by atoms with Gasteiger partial charge < -0.3 is 23.7 Å². The predicted octanol–water partition coefficient (Wildman–Crippen LogP) is 30.0. The molecule has 0 N–H and O–H groups in total. The topological polar surface area (TPSA) is 63.2 Å². The molecule has 0 heterocycles. The largest absolute Gasteiger partial charge is 0.493 e. The molecule has 6 nitrogen and oxygen atoms in total. The molecule has 100 heavy (non-hydrogen) atoms. The zero-order valence-electron chi connectivity index (χ0n) is 65.6. The lowest BCUT2D eigenvalue weighted by Gasteiger charge is -2.16. The van der Waals surface area contributed by atoms with E-state index in [0.717, 1.165) is 72.6 Å². The Bertz CT molecular complexity index is 2420. The highest BCUT2D eigenvalue weighted by atomic mass is 16.5. The Balaban J connectivity index is 1.41. The van der Waals surface area contributed by atoms with Crippen molar-refractivity contribution in [3.05, 3.63) is 118 Å². The number of ether oxygens (including phenoxy) is 5. The number of rotatable bonds is 71. The van der Waals surface area contributed by atoms with Crippen molar-refractivity contribution in [2.24, 2.45) is 0 Å². The molecule has 0 saturated heterocycles. The minimum atomic E-state index is -0.449. The molecule has 0 saturated carbocycles. The van der Waals surface area contributed by atoms with Crippen LogP contribution in [-0.4, -0.2) is 19.2 Å². The molecule has 0 aliphatic carbocycles. The average Bonchev–Trinajstić information content (AvgIpc) is 0.856. The van der Waals surface area contributed by atoms with Crippen LogP contribution < -0.4 is 18.9 Å². The fourth-order valence-corrected chi connectivity index (χ4v) is 14.2. The van der Waals surface area contributed by atoms with Crippen molar-refractivity contribution in [3.63, 3.8) is 0 Å². The van der Waals surface area contributed by atoms with Crippen molar-refractivity contribution in [3.8, 4) is 35.3 Å². The van der Waals surface area contributed by atoms with Crippen molar-refractivity contribution in [1.29, 1.82) is 0 Å². The molecule has 0 aliphatic rings. The van der Waals surface area contributed by atoms with Crippen LogP contribution in [0.4, 0.5) is 0 Å². The number of unbranched alkanes of at least 4 members (excludes halogenated alkanes) is 52. The maximum atomic E-state index is 14.0. The summed E-state index contributed by atoms with van der Waals surface area (Å²) in [4.78, 5) is 14.0. The van der Waals surface area contributed by atoms with Crippen molar-refractivity contribution in [2.45, 2.75) is 420 Å². The minimum absolute atomic E-state index is 0.118. The Hall–Kier alpha value is -4.89. The van der Waals surface area contributed by atoms with E-state index in [1.807, 2.05) is 30.3 Å². The van der Waals surface area contributed by atoms with Crippen molar-refractivity contribution < 1.29 is 28.5 Å². The van der Waals surface area contributed by atoms with Crippen LogP contribution in [0.1, 0.15) is 431 Å². The van der Waals surface area contributed by atoms with Crippen LogP contribution in [-0.2, 0) is 37.4 Å². The lowest BCUT2D eigenvalue weighted by atomic mass is 10.0. The van der Waals surface area contributed by atoms with E-state index in [1.165, 1.54) is 358 Å². The fraction of sp³-hybridized carbons (Fsp3) is 0.713. The highest BCUT2D eigenvalue weighted by Crippen LogP contribution is 2.31. The summed E-state index contributed by atoms with van der Waals surface area (Å²) >= 11 is 0. The van der Waals surface area contributed by atoms with Crippen LogP contribution in [0, 0.1) is 12.3 Å². The second kappa shape index (κ2) is 63.8. The Morgan fingerprint density at radius 2 is 0.560 bits per heavy atom. The molecular formula is C94H152O6. The van der Waals surface area contributed by atoms with E-state index in [4.69, 9.17) is 30.1 Å². The molecular weight excluding hydrogens is 1230 g/mol. The number of hydrogen-bond donors (Lipinski definition) is 0. The lowest BCUT2D eigenvalue weighted by molar-refractivity contribution is 0.0471. The van der Waals surface area contributed by atoms with E-state index in [2.05, 4.69) is 70.0 Å². The van der Waals surface area contributed by atoms with Gasteiger partial charge in [0, 0.05) is 11.6 Å². The van der Waals surface area contributed by atoms with Crippen LogP contribution in [0.3, 0.4) is 0 Å². The lowest BCUT2D eigenvalue weighted by Crippen LogP contribution is -2.07. The molecule has 0 aliphatic heterocycles. The third kappa shape index (κ3) is 46.7. The van der Waals surface area contributed by atoms with Gasteiger partial charge >= 0.3 is 5.97 Å². The third-order valence-electron chi connectivity index (χ3n) is 20.8. The van der Waals surface area contributed by atoms with Crippen LogP contribution in [0.2, 0.25) is 0 Å². The Labute approximate surface area is 617 Å². The molecule has 0 bridgehead atoms.